The molecule has 0 aliphatic carbocycles. The number of amides is 1. The van der Waals surface area contributed by atoms with Crippen LogP contribution in [0.2, 0.25) is 0 Å². The average molecular weight is 325 g/mol. The van der Waals surface area contributed by atoms with E-state index in [9.17, 15) is 14.9 Å². The van der Waals surface area contributed by atoms with Crippen LogP contribution in [0.15, 0.2) is 42.5 Å². The molecule has 24 heavy (non-hydrogen) atoms. The lowest BCUT2D eigenvalue weighted by Crippen LogP contribution is -2.17. The average Bonchev–Trinajstić information content (AvgIpc) is 3.10. The molecule has 1 saturated heterocycles. The van der Waals surface area contributed by atoms with E-state index in [4.69, 9.17) is 0 Å². The van der Waals surface area contributed by atoms with Crippen LogP contribution in [-0.2, 0) is 0 Å². The van der Waals surface area contributed by atoms with Crippen LogP contribution in [0.3, 0.4) is 0 Å². The third kappa shape index (κ3) is 3.22. The molecule has 2 aromatic rings. The summed E-state index contributed by atoms with van der Waals surface area (Å²) < 4.78 is 0. The standard InChI is InChI=1S/C18H19N3O3/c1-13-16(5-4-6-17(13)21(23)24)18(22)19-14-7-9-15(10-8-14)20-11-2-3-12-20/h4-10H,2-3,11-12H2,1H3,(H,19,22). The summed E-state index contributed by atoms with van der Waals surface area (Å²) >= 11 is 0. The van der Waals surface area contributed by atoms with Gasteiger partial charge in [-0.3, -0.25) is 14.9 Å². The van der Waals surface area contributed by atoms with Gasteiger partial charge < -0.3 is 10.2 Å². The van der Waals surface area contributed by atoms with Crippen molar-refractivity contribution in [3.05, 3.63) is 63.7 Å². The highest BCUT2D eigenvalue weighted by atomic mass is 16.6. The Bertz CT molecular complexity index is 766. The van der Waals surface area contributed by atoms with E-state index in [-0.39, 0.29) is 11.6 Å². The van der Waals surface area contributed by atoms with Crippen LogP contribution in [0.4, 0.5) is 17.1 Å². The molecule has 3 rings (SSSR count). The summed E-state index contributed by atoms with van der Waals surface area (Å²) in [5.74, 6) is -0.342. The Morgan fingerprint density at radius 1 is 1.12 bits per heavy atom. The van der Waals surface area contributed by atoms with Gasteiger partial charge >= 0.3 is 0 Å². The number of nitrogens with zero attached hydrogens (tertiary/aromatic N) is 2. The molecular formula is C18H19N3O3. The summed E-state index contributed by atoms with van der Waals surface area (Å²) in [6, 6.07) is 12.2. The zero-order valence-corrected chi connectivity index (χ0v) is 13.5. The molecule has 0 atom stereocenters. The van der Waals surface area contributed by atoms with Gasteiger partial charge in [0.1, 0.15) is 0 Å². The third-order valence-electron chi connectivity index (χ3n) is 4.34. The number of nitro groups is 1. The molecule has 6 heteroatoms. The molecule has 1 amide bonds. The van der Waals surface area contributed by atoms with Crippen molar-refractivity contribution < 1.29 is 9.72 Å². The van der Waals surface area contributed by atoms with Crippen LogP contribution in [0.25, 0.3) is 0 Å². The molecule has 1 heterocycles. The molecule has 0 bridgehead atoms. The first-order valence-electron chi connectivity index (χ1n) is 7.96. The maximum atomic E-state index is 12.4. The largest absolute Gasteiger partial charge is 0.372 e. The molecule has 6 nitrogen and oxygen atoms in total. The Hall–Kier alpha value is -2.89. The smallest absolute Gasteiger partial charge is 0.273 e. The fraction of sp³-hybridized carbons (Fsp3) is 0.278. The first-order valence-corrected chi connectivity index (χ1v) is 7.96. The Kier molecular flexibility index (Phi) is 4.46. The molecule has 0 spiro atoms. The predicted octanol–water partition coefficient (Wildman–Crippen LogP) is 3.76. The summed E-state index contributed by atoms with van der Waals surface area (Å²) in [6.07, 6.45) is 2.43. The zero-order chi connectivity index (χ0) is 17.1. The minimum absolute atomic E-state index is 0.0490. The van der Waals surface area contributed by atoms with Gasteiger partial charge in [-0.25, -0.2) is 0 Å². The van der Waals surface area contributed by atoms with Gasteiger partial charge in [0.05, 0.1) is 4.92 Å². The number of anilines is 2. The second kappa shape index (κ2) is 6.70. The summed E-state index contributed by atoms with van der Waals surface area (Å²) in [6.45, 7) is 3.72. The van der Waals surface area contributed by atoms with Crippen LogP contribution < -0.4 is 10.2 Å². The number of nitrogens with one attached hydrogen (secondary N) is 1. The van der Waals surface area contributed by atoms with Crippen molar-refractivity contribution in [3.8, 4) is 0 Å². The number of carbonyl (C=O) groups excluding carboxylic acids is 1. The molecule has 0 saturated carbocycles. The maximum absolute atomic E-state index is 12.4. The first kappa shape index (κ1) is 16.0. The van der Waals surface area contributed by atoms with Crippen molar-refractivity contribution >= 4 is 23.0 Å². The van der Waals surface area contributed by atoms with Gasteiger partial charge in [0.15, 0.2) is 0 Å². The number of benzene rings is 2. The van der Waals surface area contributed by atoms with Gasteiger partial charge in [0, 0.05) is 41.7 Å². The molecule has 1 fully saturated rings. The summed E-state index contributed by atoms with van der Waals surface area (Å²) in [7, 11) is 0. The lowest BCUT2D eigenvalue weighted by atomic mass is 10.1. The lowest BCUT2D eigenvalue weighted by Gasteiger charge is -2.17. The fourth-order valence-corrected chi connectivity index (χ4v) is 3.00. The molecule has 0 unspecified atom stereocenters. The molecule has 1 aliphatic heterocycles. The van der Waals surface area contributed by atoms with E-state index in [1.54, 1.807) is 13.0 Å². The molecule has 124 valence electrons. The van der Waals surface area contributed by atoms with Crippen LogP contribution in [0.1, 0.15) is 28.8 Å². The van der Waals surface area contributed by atoms with Gasteiger partial charge in [-0.05, 0) is 50.1 Å². The Morgan fingerprint density at radius 3 is 2.42 bits per heavy atom. The van der Waals surface area contributed by atoms with Crippen molar-refractivity contribution in [3.63, 3.8) is 0 Å². The fourth-order valence-electron chi connectivity index (χ4n) is 3.00. The van der Waals surface area contributed by atoms with Crippen LogP contribution >= 0.6 is 0 Å². The van der Waals surface area contributed by atoms with Crippen LogP contribution in [-0.4, -0.2) is 23.9 Å². The van der Waals surface area contributed by atoms with E-state index in [0.717, 1.165) is 18.8 Å². The highest BCUT2D eigenvalue weighted by Gasteiger charge is 2.18. The molecule has 1 aliphatic rings. The van der Waals surface area contributed by atoms with Crippen molar-refractivity contribution in [2.45, 2.75) is 19.8 Å². The molecule has 0 radical (unpaired) electrons. The summed E-state index contributed by atoms with van der Waals surface area (Å²) in [5, 5.41) is 13.8. The monoisotopic (exact) mass is 325 g/mol. The van der Waals surface area contributed by atoms with E-state index >= 15 is 0 Å². The summed E-state index contributed by atoms with van der Waals surface area (Å²) in [4.78, 5) is 25.2. The van der Waals surface area contributed by atoms with E-state index in [1.165, 1.54) is 25.0 Å². The van der Waals surface area contributed by atoms with Gasteiger partial charge in [-0.15, -0.1) is 0 Å². The van der Waals surface area contributed by atoms with Gasteiger partial charge in [-0.1, -0.05) is 6.07 Å². The number of hydrogen-bond acceptors (Lipinski definition) is 4. The SMILES string of the molecule is Cc1c(C(=O)Nc2ccc(N3CCCC3)cc2)cccc1[N+](=O)[O-]. The minimum atomic E-state index is -0.475. The first-order chi connectivity index (χ1) is 11.6. The Morgan fingerprint density at radius 2 is 1.79 bits per heavy atom. The van der Waals surface area contributed by atoms with Crippen molar-refractivity contribution in [1.29, 1.82) is 0 Å². The van der Waals surface area contributed by atoms with E-state index < -0.39 is 4.92 Å². The molecule has 2 aromatic carbocycles. The van der Waals surface area contributed by atoms with Gasteiger partial charge in [0.2, 0.25) is 0 Å². The normalized spacial score (nSPS) is 13.8. The Labute approximate surface area is 140 Å². The molecule has 0 aromatic heterocycles. The van der Waals surface area contributed by atoms with E-state index in [2.05, 4.69) is 10.2 Å². The highest BCUT2D eigenvalue weighted by Crippen LogP contribution is 2.24. The quantitative estimate of drug-likeness (QED) is 0.686. The molecule has 1 N–H and O–H groups in total. The van der Waals surface area contributed by atoms with Crippen molar-refractivity contribution in [1.82, 2.24) is 0 Å². The number of hydrogen-bond donors (Lipinski definition) is 1. The summed E-state index contributed by atoms with van der Waals surface area (Å²) in [5.41, 5.74) is 2.46. The topological polar surface area (TPSA) is 75.5 Å². The molecular weight excluding hydrogens is 306 g/mol. The van der Waals surface area contributed by atoms with Gasteiger partial charge in [-0.2, -0.15) is 0 Å². The van der Waals surface area contributed by atoms with Crippen molar-refractivity contribution in [2.24, 2.45) is 0 Å². The van der Waals surface area contributed by atoms with Crippen LogP contribution in [0.5, 0.6) is 0 Å². The number of rotatable bonds is 4. The second-order valence-electron chi connectivity index (χ2n) is 5.90. The number of carbonyl (C=O) groups is 1. The predicted molar refractivity (Wildman–Crippen MR) is 93.7 cm³/mol. The van der Waals surface area contributed by atoms with Crippen molar-refractivity contribution in [2.75, 3.05) is 23.3 Å². The minimum Gasteiger partial charge on any atom is -0.372 e. The maximum Gasteiger partial charge on any atom is 0.273 e. The lowest BCUT2D eigenvalue weighted by molar-refractivity contribution is -0.385. The van der Waals surface area contributed by atoms with E-state index in [1.807, 2.05) is 24.3 Å². The van der Waals surface area contributed by atoms with Gasteiger partial charge in [0.25, 0.3) is 11.6 Å². The Balaban J connectivity index is 1.75. The number of nitro benzene ring substituents is 1. The van der Waals surface area contributed by atoms with E-state index in [0.29, 0.717) is 16.8 Å². The zero-order valence-electron chi connectivity index (χ0n) is 13.5. The highest BCUT2D eigenvalue weighted by molar-refractivity contribution is 6.05. The second-order valence-corrected chi connectivity index (χ2v) is 5.90. The van der Waals surface area contributed by atoms with Crippen LogP contribution in [0, 0.1) is 17.0 Å². The third-order valence-corrected chi connectivity index (χ3v) is 4.34.